The summed E-state index contributed by atoms with van der Waals surface area (Å²) in [5.74, 6) is 2.12. The number of aromatic nitrogens is 2. The SMILES string of the molecule is CC(C)(C)OC(=O)CCCCN1CCC(C(=O)Nc2ncc(SCc3ncc(C(C)(C)C)o3)s2)CC1. The lowest BCUT2D eigenvalue weighted by molar-refractivity contribution is -0.155. The molecule has 0 atom stereocenters. The van der Waals surface area contributed by atoms with Gasteiger partial charge in [0.1, 0.15) is 11.4 Å². The minimum atomic E-state index is -0.424. The fourth-order valence-electron chi connectivity index (χ4n) is 3.86. The van der Waals surface area contributed by atoms with E-state index < -0.39 is 5.60 Å². The topological polar surface area (TPSA) is 97.6 Å². The zero-order valence-electron chi connectivity index (χ0n) is 22.4. The van der Waals surface area contributed by atoms with E-state index in [-0.39, 0.29) is 23.2 Å². The summed E-state index contributed by atoms with van der Waals surface area (Å²) >= 11 is 3.09. The summed E-state index contributed by atoms with van der Waals surface area (Å²) in [5, 5.41) is 3.63. The number of rotatable bonds is 10. The molecule has 200 valence electrons. The van der Waals surface area contributed by atoms with Crippen LogP contribution >= 0.6 is 23.1 Å². The van der Waals surface area contributed by atoms with Gasteiger partial charge in [-0.1, -0.05) is 32.1 Å². The first-order valence-corrected chi connectivity index (χ1v) is 14.5. The number of unbranched alkanes of at least 4 members (excludes halogenated alkanes) is 1. The quantitative estimate of drug-likeness (QED) is 0.228. The minimum Gasteiger partial charge on any atom is -0.460 e. The number of esters is 1. The molecule has 0 spiro atoms. The van der Waals surface area contributed by atoms with Crippen LogP contribution in [0.25, 0.3) is 0 Å². The van der Waals surface area contributed by atoms with Crippen molar-refractivity contribution in [2.75, 3.05) is 25.0 Å². The summed E-state index contributed by atoms with van der Waals surface area (Å²) in [7, 11) is 0. The molecular weight excluding hydrogens is 496 g/mol. The number of likely N-dealkylation sites (tertiary alicyclic amines) is 1. The summed E-state index contributed by atoms with van der Waals surface area (Å²) in [6, 6.07) is 0. The largest absolute Gasteiger partial charge is 0.460 e. The predicted octanol–water partition coefficient (Wildman–Crippen LogP) is 5.88. The number of ether oxygens (including phenoxy) is 1. The number of hydrogen-bond acceptors (Lipinski definition) is 9. The van der Waals surface area contributed by atoms with Gasteiger partial charge in [-0.15, -0.1) is 11.8 Å². The van der Waals surface area contributed by atoms with Gasteiger partial charge in [0.2, 0.25) is 11.8 Å². The average molecular weight is 537 g/mol. The van der Waals surface area contributed by atoms with Crippen LogP contribution < -0.4 is 5.32 Å². The van der Waals surface area contributed by atoms with E-state index in [0.29, 0.717) is 23.2 Å². The Morgan fingerprint density at radius 1 is 1.14 bits per heavy atom. The number of oxazole rings is 1. The molecular formula is C26H40N4O4S2. The van der Waals surface area contributed by atoms with Crippen LogP contribution in [0.3, 0.4) is 0 Å². The fraction of sp³-hybridized carbons (Fsp3) is 0.692. The van der Waals surface area contributed by atoms with Crippen molar-refractivity contribution < 1.29 is 18.7 Å². The summed E-state index contributed by atoms with van der Waals surface area (Å²) in [6.07, 6.45) is 7.51. The molecule has 0 aliphatic carbocycles. The van der Waals surface area contributed by atoms with Crippen LogP contribution in [-0.4, -0.2) is 52.0 Å². The number of nitrogens with one attached hydrogen (secondary N) is 1. The van der Waals surface area contributed by atoms with E-state index in [1.54, 1.807) is 24.2 Å². The second kappa shape index (κ2) is 12.6. The van der Waals surface area contributed by atoms with Crippen LogP contribution in [0.5, 0.6) is 0 Å². The number of thioether (sulfide) groups is 1. The monoisotopic (exact) mass is 536 g/mol. The molecule has 1 N–H and O–H groups in total. The third-order valence-corrected chi connectivity index (χ3v) is 7.92. The van der Waals surface area contributed by atoms with Crippen LogP contribution in [-0.2, 0) is 25.5 Å². The van der Waals surface area contributed by atoms with E-state index in [9.17, 15) is 9.59 Å². The van der Waals surface area contributed by atoms with Gasteiger partial charge in [-0.3, -0.25) is 9.59 Å². The molecule has 2 aromatic heterocycles. The van der Waals surface area contributed by atoms with Crippen LogP contribution in [0, 0.1) is 5.92 Å². The maximum Gasteiger partial charge on any atom is 0.306 e. The first-order valence-electron chi connectivity index (χ1n) is 12.7. The summed E-state index contributed by atoms with van der Waals surface area (Å²) in [6.45, 7) is 14.7. The third-order valence-electron chi connectivity index (χ3n) is 5.83. The molecule has 0 radical (unpaired) electrons. The van der Waals surface area contributed by atoms with Crippen LogP contribution in [0.4, 0.5) is 5.13 Å². The Bertz CT molecular complexity index is 998. The van der Waals surface area contributed by atoms with E-state index in [4.69, 9.17) is 9.15 Å². The summed E-state index contributed by atoms with van der Waals surface area (Å²) in [4.78, 5) is 35.7. The molecule has 10 heteroatoms. The number of amides is 1. The molecule has 2 aromatic rings. The standard InChI is InChI=1S/C26H40N4O4S2/c1-25(2,3)19-15-27-20(33-19)17-35-22-16-28-24(36-22)29-23(32)18-10-13-30(14-11-18)12-8-7-9-21(31)34-26(4,5)6/h15-16,18H,7-14,17H2,1-6H3,(H,28,29,32). The lowest BCUT2D eigenvalue weighted by Crippen LogP contribution is -2.38. The Labute approximate surface area is 223 Å². The highest BCUT2D eigenvalue weighted by molar-refractivity contribution is 8.00. The average Bonchev–Trinajstić information content (AvgIpc) is 3.44. The van der Waals surface area contributed by atoms with E-state index >= 15 is 0 Å². The Morgan fingerprint density at radius 2 is 1.86 bits per heavy atom. The number of anilines is 1. The van der Waals surface area contributed by atoms with E-state index in [2.05, 4.69) is 41.0 Å². The maximum atomic E-state index is 12.8. The lowest BCUT2D eigenvalue weighted by Gasteiger charge is -2.31. The molecule has 0 unspecified atom stereocenters. The Morgan fingerprint density at radius 3 is 2.50 bits per heavy atom. The van der Waals surface area contributed by atoms with Gasteiger partial charge in [0.15, 0.2) is 5.13 Å². The molecule has 1 aliphatic rings. The van der Waals surface area contributed by atoms with Gasteiger partial charge in [0.05, 0.1) is 22.4 Å². The van der Waals surface area contributed by atoms with E-state index in [1.165, 1.54) is 11.3 Å². The molecule has 3 heterocycles. The number of carbonyl (C=O) groups excluding carboxylic acids is 2. The summed E-state index contributed by atoms with van der Waals surface area (Å²) < 4.78 is 12.2. The number of piperidine rings is 1. The molecule has 36 heavy (non-hydrogen) atoms. The van der Waals surface area contributed by atoms with Gasteiger partial charge < -0.3 is 19.4 Å². The second-order valence-corrected chi connectivity index (χ2v) is 13.6. The number of thiazole rings is 1. The van der Waals surface area contributed by atoms with Crippen LogP contribution in [0.1, 0.15) is 85.3 Å². The predicted molar refractivity (Wildman–Crippen MR) is 144 cm³/mol. The summed E-state index contributed by atoms with van der Waals surface area (Å²) in [5.41, 5.74) is -0.484. The van der Waals surface area contributed by atoms with Crippen molar-refractivity contribution in [3.05, 3.63) is 24.0 Å². The van der Waals surface area contributed by atoms with Crippen LogP contribution in [0.15, 0.2) is 21.0 Å². The number of hydrogen-bond donors (Lipinski definition) is 1. The molecule has 1 aliphatic heterocycles. The van der Waals surface area contributed by atoms with Crippen molar-refractivity contribution in [3.63, 3.8) is 0 Å². The van der Waals surface area contributed by atoms with E-state index in [1.807, 2.05) is 20.8 Å². The minimum absolute atomic E-state index is 0.00570. The molecule has 1 amide bonds. The maximum absolute atomic E-state index is 12.8. The normalized spacial score (nSPS) is 15.7. The van der Waals surface area contributed by atoms with Crippen molar-refractivity contribution in [2.45, 2.75) is 94.6 Å². The van der Waals surface area contributed by atoms with Crippen molar-refractivity contribution in [1.82, 2.24) is 14.9 Å². The van der Waals surface area contributed by atoms with Crippen molar-refractivity contribution in [3.8, 4) is 0 Å². The van der Waals surface area contributed by atoms with Gasteiger partial charge in [-0.05, 0) is 66.1 Å². The Hall–Kier alpha value is -1.91. The van der Waals surface area contributed by atoms with Gasteiger partial charge in [-0.2, -0.15) is 0 Å². The molecule has 8 nitrogen and oxygen atoms in total. The van der Waals surface area contributed by atoms with E-state index in [0.717, 1.165) is 55.3 Å². The first kappa shape index (κ1) is 28.7. The Kier molecular flexibility index (Phi) is 10.00. The van der Waals surface area contributed by atoms with Crippen molar-refractivity contribution in [2.24, 2.45) is 5.92 Å². The fourth-order valence-corrected chi connectivity index (χ4v) is 5.59. The highest BCUT2D eigenvalue weighted by Gasteiger charge is 2.26. The highest BCUT2D eigenvalue weighted by Crippen LogP contribution is 2.32. The first-order chi connectivity index (χ1) is 16.9. The Balaban J connectivity index is 1.33. The zero-order chi connectivity index (χ0) is 26.3. The third kappa shape index (κ3) is 9.52. The molecule has 3 rings (SSSR count). The van der Waals surface area contributed by atoms with Gasteiger partial charge in [0.25, 0.3) is 0 Å². The van der Waals surface area contributed by atoms with Gasteiger partial charge in [-0.25, -0.2) is 9.97 Å². The molecule has 0 bridgehead atoms. The molecule has 0 aromatic carbocycles. The van der Waals surface area contributed by atoms with Crippen molar-refractivity contribution >= 4 is 40.1 Å². The zero-order valence-corrected chi connectivity index (χ0v) is 24.0. The number of carbonyl (C=O) groups is 2. The smallest absolute Gasteiger partial charge is 0.306 e. The lowest BCUT2D eigenvalue weighted by atomic mass is 9.94. The second-order valence-electron chi connectivity index (χ2n) is 11.3. The van der Waals surface area contributed by atoms with Gasteiger partial charge in [0, 0.05) is 17.8 Å². The molecule has 0 saturated carbocycles. The van der Waals surface area contributed by atoms with Gasteiger partial charge >= 0.3 is 5.97 Å². The highest BCUT2D eigenvalue weighted by atomic mass is 32.2. The van der Waals surface area contributed by atoms with Crippen molar-refractivity contribution in [1.29, 1.82) is 0 Å². The molecule has 1 saturated heterocycles. The number of nitrogens with zero attached hydrogens (tertiary/aromatic N) is 3. The van der Waals surface area contributed by atoms with Crippen LogP contribution in [0.2, 0.25) is 0 Å². The molecule has 1 fully saturated rings.